The average molecular weight is 345 g/mol. The van der Waals surface area contributed by atoms with Crippen LogP contribution in [-0.4, -0.2) is 11.5 Å². The number of anilines is 1. The highest BCUT2D eigenvalue weighted by Crippen LogP contribution is 2.34. The van der Waals surface area contributed by atoms with Crippen molar-refractivity contribution in [3.63, 3.8) is 0 Å². The molecule has 0 amide bonds. The van der Waals surface area contributed by atoms with E-state index >= 15 is 0 Å². The lowest BCUT2D eigenvalue weighted by Crippen LogP contribution is -2.07. The van der Waals surface area contributed by atoms with Gasteiger partial charge in [-0.2, -0.15) is 0 Å². The largest absolute Gasteiger partial charge is 0.379 e. The molecule has 0 aliphatic carbocycles. The van der Waals surface area contributed by atoms with E-state index in [1.54, 1.807) is 28.7 Å². The fourth-order valence-electron chi connectivity index (χ4n) is 2.35. The first-order chi connectivity index (χ1) is 11.2. The van der Waals surface area contributed by atoms with Gasteiger partial charge in [0.25, 0.3) is 5.56 Å². The third-order valence-electron chi connectivity index (χ3n) is 3.42. The number of aryl methyl sites for hydroxylation is 1. The van der Waals surface area contributed by atoms with Gasteiger partial charge in [-0.25, -0.2) is 0 Å². The molecule has 0 aliphatic heterocycles. The molecule has 3 aromatic rings. The van der Waals surface area contributed by atoms with E-state index in [9.17, 15) is 4.79 Å². The van der Waals surface area contributed by atoms with Crippen LogP contribution in [0.1, 0.15) is 15.3 Å². The molecule has 0 unspecified atom stereocenters. The van der Waals surface area contributed by atoms with Crippen molar-refractivity contribution in [2.45, 2.75) is 19.9 Å². The maximum Gasteiger partial charge on any atom is 0.250 e. The average Bonchev–Trinajstić information content (AvgIpc) is 3.18. The number of terminal acetylenes is 1. The molecule has 4 N–H and O–H groups in total. The summed E-state index contributed by atoms with van der Waals surface area (Å²) in [6, 6.07) is 5.75. The predicted molar refractivity (Wildman–Crippen MR) is 101 cm³/mol. The van der Waals surface area contributed by atoms with E-state index in [-0.39, 0.29) is 5.56 Å². The molecule has 23 heavy (non-hydrogen) atoms. The number of aromatic amines is 1. The molecule has 6 heteroatoms. The van der Waals surface area contributed by atoms with Crippen LogP contribution in [0.5, 0.6) is 0 Å². The Bertz CT molecular complexity index is 844. The smallest absolute Gasteiger partial charge is 0.250 e. The van der Waals surface area contributed by atoms with Gasteiger partial charge >= 0.3 is 0 Å². The van der Waals surface area contributed by atoms with Crippen LogP contribution in [0.15, 0.2) is 28.4 Å². The van der Waals surface area contributed by atoms with Crippen molar-refractivity contribution in [3.8, 4) is 12.8 Å². The number of hydrogen-bond donors (Lipinski definition) is 3. The van der Waals surface area contributed by atoms with Gasteiger partial charge in [0.2, 0.25) is 0 Å². The second-order valence-corrected chi connectivity index (χ2v) is 7.01. The second-order valence-electron chi connectivity index (χ2n) is 4.87. The van der Waals surface area contributed by atoms with Crippen molar-refractivity contribution < 1.29 is 0 Å². The minimum Gasteiger partial charge on any atom is -0.379 e. The van der Waals surface area contributed by atoms with Gasteiger partial charge in [-0.05, 0) is 36.9 Å². The van der Waals surface area contributed by atoms with E-state index < -0.39 is 0 Å². The summed E-state index contributed by atoms with van der Waals surface area (Å²) in [6.07, 6.45) is 8.84. The summed E-state index contributed by atoms with van der Waals surface area (Å²) in [6.45, 7) is 3.40. The molecule has 0 saturated carbocycles. The monoisotopic (exact) mass is 345 g/mol. The van der Waals surface area contributed by atoms with E-state index in [0.29, 0.717) is 6.54 Å². The predicted octanol–water partition coefficient (Wildman–Crippen LogP) is 3.32. The van der Waals surface area contributed by atoms with Gasteiger partial charge in [-0.3, -0.25) is 4.79 Å². The topological polar surface area (TPSA) is 70.9 Å². The van der Waals surface area contributed by atoms with E-state index in [2.05, 4.69) is 34.6 Å². The van der Waals surface area contributed by atoms with E-state index in [1.165, 1.54) is 9.75 Å². The summed E-state index contributed by atoms with van der Waals surface area (Å²) in [5.74, 6) is 0. The Morgan fingerprint density at radius 1 is 1.39 bits per heavy atom. The highest BCUT2D eigenvalue weighted by Gasteiger charge is 2.13. The van der Waals surface area contributed by atoms with Gasteiger partial charge in [0.05, 0.1) is 15.9 Å². The Labute approximate surface area is 143 Å². The number of thiophene rings is 2. The van der Waals surface area contributed by atoms with Gasteiger partial charge in [0, 0.05) is 22.4 Å². The molecule has 0 atom stereocenters. The van der Waals surface area contributed by atoms with Crippen LogP contribution < -0.4 is 16.6 Å². The highest BCUT2D eigenvalue weighted by atomic mass is 32.1. The molecular weight excluding hydrogens is 326 g/mol. The zero-order chi connectivity index (χ0) is 16.8. The molecule has 3 rings (SSSR count). The second kappa shape index (κ2) is 7.97. The molecule has 4 nitrogen and oxygen atoms in total. The zero-order valence-corrected chi connectivity index (χ0v) is 14.5. The number of H-pyrrole nitrogens is 1. The lowest BCUT2D eigenvalue weighted by molar-refractivity contribution is 0.981. The van der Waals surface area contributed by atoms with Crippen LogP contribution in [0, 0.1) is 19.8 Å². The van der Waals surface area contributed by atoms with Gasteiger partial charge < -0.3 is 16.0 Å². The molecule has 0 fully saturated rings. The maximum atomic E-state index is 11.9. The fraction of sp³-hybridized carbons (Fsp3) is 0.235. The third-order valence-corrected chi connectivity index (χ3v) is 5.68. The van der Waals surface area contributed by atoms with Crippen molar-refractivity contribution in [1.82, 2.24) is 4.98 Å². The lowest BCUT2D eigenvalue weighted by Gasteiger charge is -2.05. The molecule has 120 valence electrons. The zero-order valence-electron chi connectivity index (χ0n) is 12.9. The van der Waals surface area contributed by atoms with Crippen LogP contribution >= 0.6 is 22.7 Å². The molecule has 0 aromatic carbocycles. The number of fused-ring (bicyclic) bond motifs is 1. The molecule has 3 aromatic heterocycles. The van der Waals surface area contributed by atoms with Gasteiger partial charge in [0.15, 0.2) is 0 Å². The van der Waals surface area contributed by atoms with Crippen LogP contribution in [-0.2, 0) is 13.0 Å². The highest BCUT2D eigenvalue weighted by molar-refractivity contribution is 7.19. The van der Waals surface area contributed by atoms with Crippen molar-refractivity contribution in [3.05, 3.63) is 49.3 Å². The van der Waals surface area contributed by atoms with Gasteiger partial charge in [0.1, 0.15) is 0 Å². The Hall–Kier alpha value is -2.07. The maximum absolute atomic E-state index is 11.9. The normalized spacial score (nSPS) is 10.3. The third kappa shape index (κ3) is 3.82. The summed E-state index contributed by atoms with van der Waals surface area (Å²) in [7, 11) is 0. The SMILES string of the molecule is C#C.Cc1c(CCN)sc2c(NCc3cccs3)cc(=O)[nH]c12. The summed E-state index contributed by atoms with van der Waals surface area (Å²) in [5, 5.41) is 5.44. The van der Waals surface area contributed by atoms with Crippen LogP contribution in [0.3, 0.4) is 0 Å². The van der Waals surface area contributed by atoms with E-state index in [4.69, 9.17) is 5.73 Å². The lowest BCUT2D eigenvalue weighted by atomic mass is 10.2. The summed E-state index contributed by atoms with van der Waals surface area (Å²) in [4.78, 5) is 17.3. The number of hydrogen-bond acceptors (Lipinski definition) is 5. The quantitative estimate of drug-likeness (QED) is 0.621. The molecular formula is C17H19N3OS2. The summed E-state index contributed by atoms with van der Waals surface area (Å²) >= 11 is 3.42. The van der Waals surface area contributed by atoms with Gasteiger partial charge in [-0.15, -0.1) is 35.5 Å². The number of rotatable bonds is 5. The van der Waals surface area contributed by atoms with Gasteiger partial charge in [-0.1, -0.05) is 6.07 Å². The Morgan fingerprint density at radius 3 is 2.83 bits per heavy atom. The minimum atomic E-state index is -0.0728. The Balaban J connectivity index is 0.000000924. The molecule has 0 bridgehead atoms. The van der Waals surface area contributed by atoms with Crippen LogP contribution in [0.25, 0.3) is 10.2 Å². The van der Waals surface area contributed by atoms with E-state index in [0.717, 1.165) is 34.4 Å². The van der Waals surface area contributed by atoms with Crippen molar-refractivity contribution >= 4 is 38.6 Å². The molecule has 0 saturated heterocycles. The number of nitrogens with two attached hydrogens (primary N) is 1. The van der Waals surface area contributed by atoms with Crippen LogP contribution in [0.2, 0.25) is 0 Å². The van der Waals surface area contributed by atoms with E-state index in [1.807, 2.05) is 13.0 Å². The first-order valence-electron chi connectivity index (χ1n) is 7.14. The standard InChI is InChI=1S/C15H17N3OS2.C2H2/c1-9-12(4-5-16)21-15-11(7-13(19)18-14(9)15)17-8-10-3-2-6-20-10;1-2/h2-3,6-7H,4-5,8,16H2,1H3,(H2,17,18,19);1-2H. The first kappa shape index (κ1) is 17.3. The molecule has 0 radical (unpaired) electrons. The van der Waals surface area contributed by atoms with Crippen molar-refractivity contribution in [2.24, 2.45) is 5.73 Å². The Morgan fingerprint density at radius 2 is 2.17 bits per heavy atom. The summed E-state index contributed by atoms with van der Waals surface area (Å²) < 4.78 is 1.10. The van der Waals surface area contributed by atoms with Crippen molar-refractivity contribution in [1.29, 1.82) is 0 Å². The van der Waals surface area contributed by atoms with Crippen LogP contribution in [0.4, 0.5) is 5.69 Å². The number of nitrogens with one attached hydrogen (secondary N) is 2. The number of pyridine rings is 1. The van der Waals surface area contributed by atoms with Crippen molar-refractivity contribution in [2.75, 3.05) is 11.9 Å². The fourth-order valence-corrected chi connectivity index (χ4v) is 4.27. The minimum absolute atomic E-state index is 0.0728. The molecule has 0 spiro atoms. The molecule has 0 aliphatic rings. The number of aromatic nitrogens is 1. The molecule has 3 heterocycles. The Kier molecular flexibility index (Phi) is 5.99. The first-order valence-corrected chi connectivity index (χ1v) is 8.83. The summed E-state index contributed by atoms with van der Waals surface area (Å²) in [5.41, 5.74) is 8.56.